The minimum absolute atomic E-state index is 0.106. The highest BCUT2D eigenvalue weighted by Crippen LogP contribution is 2.13. The van der Waals surface area contributed by atoms with Crippen molar-refractivity contribution in [1.29, 1.82) is 0 Å². The Morgan fingerprint density at radius 3 is 2.78 bits per heavy atom. The molecule has 0 aromatic rings. The zero-order valence-electron chi connectivity index (χ0n) is 10.7. The molecule has 0 bridgehead atoms. The zero-order valence-corrected chi connectivity index (χ0v) is 11.5. The average Bonchev–Trinajstić information content (AvgIpc) is 2.82. The topological polar surface area (TPSA) is 70.7 Å². The summed E-state index contributed by atoms with van der Waals surface area (Å²) in [5, 5.41) is 3.27. The van der Waals surface area contributed by atoms with Crippen LogP contribution < -0.4 is 10.0 Å². The Hall–Kier alpha value is -0.210. The van der Waals surface area contributed by atoms with Crippen LogP contribution in [0.4, 0.5) is 0 Å². The summed E-state index contributed by atoms with van der Waals surface area (Å²) in [4.78, 5) is 2.27. The van der Waals surface area contributed by atoms with E-state index in [9.17, 15) is 8.42 Å². The maximum absolute atomic E-state index is 11.8. The van der Waals surface area contributed by atoms with Crippen LogP contribution in [0.3, 0.4) is 0 Å². The van der Waals surface area contributed by atoms with E-state index >= 15 is 0 Å². The lowest BCUT2D eigenvalue weighted by molar-refractivity contribution is 0.127. The lowest BCUT2D eigenvalue weighted by atomic mass is 10.3. The molecule has 106 valence electrons. The fourth-order valence-corrected chi connectivity index (χ4v) is 3.65. The predicted octanol–water partition coefficient (Wildman–Crippen LogP) is -1.01. The molecule has 2 heterocycles. The predicted molar refractivity (Wildman–Crippen MR) is 70.1 cm³/mol. The SMILES string of the molecule is O=S(=O)(CC1CCCO1)NCCN1CCNCC1. The van der Waals surface area contributed by atoms with Crippen LogP contribution in [0.15, 0.2) is 0 Å². The molecule has 6 nitrogen and oxygen atoms in total. The second-order valence-electron chi connectivity index (χ2n) is 4.90. The minimum atomic E-state index is -3.18. The first-order valence-corrected chi connectivity index (χ1v) is 8.33. The lowest BCUT2D eigenvalue weighted by Gasteiger charge is -2.27. The monoisotopic (exact) mass is 277 g/mol. The van der Waals surface area contributed by atoms with Crippen molar-refractivity contribution in [2.24, 2.45) is 0 Å². The molecule has 1 atom stereocenters. The fourth-order valence-electron chi connectivity index (χ4n) is 2.37. The molecule has 7 heteroatoms. The normalized spacial score (nSPS) is 26.6. The van der Waals surface area contributed by atoms with Gasteiger partial charge in [0.25, 0.3) is 0 Å². The van der Waals surface area contributed by atoms with Gasteiger partial charge in [-0.2, -0.15) is 0 Å². The molecule has 18 heavy (non-hydrogen) atoms. The first kappa shape index (κ1) is 14.2. The number of sulfonamides is 1. The summed E-state index contributed by atoms with van der Waals surface area (Å²) < 4.78 is 31.6. The Bertz CT molecular complexity index is 335. The fraction of sp³-hybridized carbons (Fsp3) is 1.00. The van der Waals surface area contributed by atoms with Gasteiger partial charge in [-0.1, -0.05) is 0 Å². The quantitative estimate of drug-likeness (QED) is 0.651. The maximum atomic E-state index is 11.8. The Morgan fingerprint density at radius 1 is 1.33 bits per heavy atom. The Balaban J connectivity index is 1.64. The van der Waals surface area contributed by atoms with Gasteiger partial charge < -0.3 is 10.1 Å². The highest BCUT2D eigenvalue weighted by molar-refractivity contribution is 7.89. The molecule has 2 aliphatic heterocycles. The van der Waals surface area contributed by atoms with Crippen LogP contribution in [-0.2, 0) is 14.8 Å². The number of ether oxygens (including phenoxy) is 1. The molecular formula is C11H23N3O3S. The van der Waals surface area contributed by atoms with Gasteiger partial charge in [-0.25, -0.2) is 13.1 Å². The van der Waals surface area contributed by atoms with Gasteiger partial charge in [0.2, 0.25) is 10.0 Å². The smallest absolute Gasteiger partial charge is 0.214 e. The van der Waals surface area contributed by atoms with Crippen molar-refractivity contribution >= 4 is 10.0 Å². The number of nitrogens with one attached hydrogen (secondary N) is 2. The van der Waals surface area contributed by atoms with Gasteiger partial charge in [0.1, 0.15) is 0 Å². The summed E-state index contributed by atoms with van der Waals surface area (Å²) in [5.74, 6) is 0.106. The van der Waals surface area contributed by atoms with Gasteiger partial charge in [0, 0.05) is 45.9 Å². The molecule has 0 radical (unpaired) electrons. The molecular weight excluding hydrogens is 254 g/mol. The zero-order chi connectivity index (χ0) is 12.8. The Kier molecular flexibility index (Phi) is 5.38. The summed E-state index contributed by atoms with van der Waals surface area (Å²) in [6.45, 7) is 5.94. The largest absolute Gasteiger partial charge is 0.377 e. The second-order valence-corrected chi connectivity index (χ2v) is 6.75. The summed E-state index contributed by atoms with van der Waals surface area (Å²) in [7, 11) is -3.18. The highest BCUT2D eigenvalue weighted by Gasteiger charge is 2.23. The van der Waals surface area contributed by atoms with E-state index in [0.717, 1.165) is 45.6 Å². The Labute approximate surface area is 109 Å². The summed E-state index contributed by atoms with van der Waals surface area (Å²) >= 11 is 0. The van der Waals surface area contributed by atoms with Gasteiger partial charge in [-0.3, -0.25) is 4.90 Å². The number of piperazine rings is 1. The van der Waals surface area contributed by atoms with E-state index in [1.165, 1.54) is 0 Å². The van der Waals surface area contributed by atoms with E-state index in [4.69, 9.17) is 4.74 Å². The van der Waals surface area contributed by atoms with Crippen LogP contribution in [0.25, 0.3) is 0 Å². The number of hydrogen-bond donors (Lipinski definition) is 2. The standard InChI is InChI=1S/C11H23N3O3S/c15-18(16,10-11-2-1-9-17-11)13-5-8-14-6-3-12-4-7-14/h11-13H,1-10H2. The Morgan fingerprint density at radius 2 is 2.11 bits per heavy atom. The number of hydrogen-bond acceptors (Lipinski definition) is 5. The molecule has 2 fully saturated rings. The van der Waals surface area contributed by atoms with Gasteiger partial charge in [0.15, 0.2) is 0 Å². The van der Waals surface area contributed by atoms with Crippen LogP contribution in [-0.4, -0.2) is 71.0 Å². The van der Waals surface area contributed by atoms with Crippen LogP contribution in [0, 0.1) is 0 Å². The van der Waals surface area contributed by atoms with Crippen molar-refractivity contribution in [3.8, 4) is 0 Å². The minimum Gasteiger partial charge on any atom is -0.377 e. The van der Waals surface area contributed by atoms with Crippen molar-refractivity contribution in [2.45, 2.75) is 18.9 Å². The van der Waals surface area contributed by atoms with Gasteiger partial charge in [0.05, 0.1) is 11.9 Å². The second kappa shape index (κ2) is 6.81. The molecule has 2 N–H and O–H groups in total. The van der Waals surface area contributed by atoms with Gasteiger partial charge in [-0.15, -0.1) is 0 Å². The van der Waals surface area contributed by atoms with E-state index < -0.39 is 10.0 Å². The lowest BCUT2D eigenvalue weighted by Crippen LogP contribution is -2.46. The van der Waals surface area contributed by atoms with E-state index in [1.807, 2.05) is 0 Å². The van der Waals surface area contributed by atoms with Crippen molar-refractivity contribution in [3.05, 3.63) is 0 Å². The van der Waals surface area contributed by atoms with E-state index in [2.05, 4.69) is 14.9 Å². The molecule has 0 aromatic carbocycles. The molecule has 0 amide bonds. The van der Waals surface area contributed by atoms with E-state index in [0.29, 0.717) is 13.2 Å². The molecule has 1 unspecified atom stereocenters. The van der Waals surface area contributed by atoms with E-state index in [-0.39, 0.29) is 11.9 Å². The van der Waals surface area contributed by atoms with Crippen molar-refractivity contribution in [3.63, 3.8) is 0 Å². The molecule has 0 spiro atoms. The number of nitrogens with zero attached hydrogens (tertiary/aromatic N) is 1. The summed E-state index contributed by atoms with van der Waals surface area (Å²) in [6.07, 6.45) is 1.72. The molecule has 2 saturated heterocycles. The van der Waals surface area contributed by atoms with Crippen molar-refractivity contribution < 1.29 is 13.2 Å². The van der Waals surface area contributed by atoms with E-state index in [1.54, 1.807) is 0 Å². The first-order valence-electron chi connectivity index (χ1n) is 6.68. The average molecular weight is 277 g/mol. The molecule has 0 saturated carbocycles. The molecule has 0 aliphatic carbocycles. The maximum Gasteiger partial charge on any atom is 0.214 e. The summed E-state index contributed by atoms with van der Waals surface area (Å²) in [5.41, 5.74) is 0. The third kappa shape index (κ3) is 4.81. The van der Waals surface area contributed by atoms with Gasteiger partial charge in [-0.05, 0) is 12.8 Å². The van der Waals surface area contributed by atoms with Crippen molar-refractivity contribution in [1.82, 2.24) is 14.9 Å². The number of rotatable bonds is 6. The highest BCUT2D eigenvalue weighted by atomic mass is 32.2. The van der Waals surface area contributed by atoms with Crippen LogP contribution in [0.1, 0.15) is 12.8 Å². The van der Waals surface area contributed by atoms with Crippen LogP contribution in [0.5, 0.6) is 0 Å². The molecule has 2 rings (SSSR count). The molecule has 2 aliphatic rings. The van der Waals surface area contributed by atoms with Gasteiger partial charge >= 0.3 is 0 Å². The third-order valence-corrected chi connectivity index (χ3v) is 4.84. The van der Waals surface area contributed by atoms with Crippen LogP contribution >= 0.6 is 0 Å². The van der Waals surface area contributed by atoms with Crippen molar-refractivity contribution in [2.75, 3.05) is 51.6 Å². The first-order chi connectivity index (χ1) is 8.66. The summed E-state index contributed by atoms with van der Waals surface area (Å²) in [6, 6.07) is 0. The molecule has 0 aromatic heterocycles. The van der Waals surface area contributed by atoms with Crippen LogP contribution in [0.2, 0.25) is 0 Å². The third-order valence-electron chi connectivity index (χ3n) is 3.39.